The molecule has 2 aliphatic rings. The van der Waals surface area contributed by atoms with Gasteiger partial charge in [0.1, 0.15) is 6.61 Å². The third-order valence-corrected chi connectivity index (χ3v) is 3.92. The molecule has 2 rings (SSSR count). The van der Waals surface area contributed by atoms with Gasteiger partial charge in [0.15, 0.2) is 0 Å². The van der Waals surface area contributed by atoms with Crippen molar-refractivity contribution in [2.75, 3.05) is 26.2 Å². The zero-order valence-corrected chi connectivity index (χ0v) is 11.0. The lowest BCUT2D eigenvalue weighted by molar-refractivity contribution is -0.147. The van der Waals surface area contributed by atoms with Crippen LogP contribution in [0.5, 0.6) is 0 Å². The summed E-state index contributed by atoms with van der Waals surface area (Å²) in [5.41, 5.74) is -0.120. The highest BCUT2D eigenvalue weighted by molar-refractivity contribution is 5.77. The fourth-order valence-corrected chi connectivity index (χ4v) is 2.54. The minimum absolute atomic E-state index is 0.120. The Morgan fingerprint density at radius 1 is 1.41 bits per heavy atom. The predicted molar refractivity (Wildman–Crippen MR) is 66.9 cm³/mol. The van der Waals surface area contributed by atoms with Crippen molar-refractivity contribution in [3.05, 3.63) is 0 Å². The standard InChI is InChI=1S/C13H24N2O2/c1-11-6-4-3-5-7-15(11)12(16)8-17-13(2)9-14-10-13/h11,14H,3-10H2,1-2H3. The van der Waals surface area contributed by atoms with Crippen LogP contribution in [0.1, 0.15) is 39.5 Å². The van der Waals surface area contributed by atoms with Gasteiger partial charge in [-0.1, -0.05) is 12.8 Å². The molecule has 0 radical (unpaired) electrons. The molecule has 0 spiro atoms. The second-order valence-electron chi connectivity index (χ2n) is 5.63. The molecule has 0 aromatic rings. The Balaban J connectivity index is 1.81. The number of amides is 1. The molecule has 2 heterocycles. The van der Waals surface area contributed by atoms with E-state index in [2.05, 4.69) is 19.2 Å². The van der Waals surface area contributed by atoms with E-state index >= 15 is 0 Å². The summed E-state index contributed by atoms with van der Waals surface area (Å²) in [7, 11) is 0. The van der Waals surface area contributed by atoms with E-state index in [9.17, 15) is 4.79 Å². The van der Waals surface area contributed by atoms with Crippen LogP contribution in [0, 0.1) is 0 Å². The zero-order valence-electron chi connectivity index (χ0n) is 11.0. The SMILES string of the molecule is CC1CCCCCN1C(=O)COC1(C)CNC1. The van der Waals surface area contributed by atoms with Gasteiger partial charge >= 0.3 is 0 Å². The second-order valence-corrected chi connectivity index (χ2v) is 5.63. The van der Waals surface area contributed by atoms with Crippen LogP contribution in [0.25, 0.3) is 0 Å². The largest absolute Gasteiger partial charge is 0.363 e. The maximum absolute atomic E-state index is 12.1. The molecule has 0 aromatic heterocycles. The third-order valence-electron chi connectivity index (χ3n) is 3.92. The quantitative estimate of drug-likeness (QED) is 0.805. The molecule has 0 saturated carbocycles. The molecule has 4 nitrogen and oxygen atoms in total. The van der Waals surface area contributed by atoms with Gasteiger partial charge in [0.05, 0.1) is 5.60 Å². The van der Waals surface area contributed by atoms with Crippen molar-refractivity contribution in [1.29, 1.82) is 0 Å². The molecule has 1 N–H and O–H groups in total. The molecular formula is C13H24N2O2. The molecule has 0 bridgehead atoms. The van der Waals surface area contributed by atoms with Gasteiger partial charge in [-0.3, -0.25) is 4.79 Å². The molecule has 17 heavy (non-hydrogen) atoms. The average molecular weight is 240 g/mol. The minimum Gasteiger partial charge on any atom is -0.363 e. The fourth-order valence-electron chi connectivity index (χ4n) is 2.54. The van der Waals surface area contributed by atoms with Crippen LogP contribution < -0.4 is 5.32 Å². The summed E-state index contributed by atoms with van der Waals surface area (Å²) in [6.45, 7) is 7.06. The lowest BCUT2D eigenvalue weighted by Crippen LogP contribution is -2.60. The first-order valence-corrected chi connectivity index (χ1v) is 6.75. The lowest BCUT2D eigenvalue weighted by Gasteiger charge is -2.39. The molecule has 1 unspecified atom stereocenters. The van der Waals surface area contributed by atoms with Gasteiger partial charge in [-0.25, -0.2) is 0 Å². The first-order chi connectivity index (χ1) is 8.11. The van der Waals surface area contributed by atoms with Crippen LogP contribution in [0.3, 0.4) is 0 Å². The highest BCUT2D eigenvalue weighted by atomic mass is 16.5. The first kappa shape index (κ1) is 12.8. The number of hydrogen-bond donors (Lipinski definition) is 1. The minimum atomic E-state index is -0.120. The maximum atomic E-state index is 12.1. The van der Waals surface area contributed by atoms with Crippen molar-refractivity contribution >= 4 is 5.91 Å². The second kappa shape index (κ2) is 5.36. The van der Waals surface area contributed by atoms with Gasteiger partial charge in [0.25, 0.3) is 0 Å². The van der Waals surface area contributed by atoms with Crippen molar-refractivity contribution in [2.24, 2.45) is 0 Å². The summed E-state index contributed by atoms with van der Waals surface area (Å²) >= 11 is 0. The van der Waals surface area contributed by atoms with Crippen LogP contribution in [0.2, 0.25) is 0 Å². The van der Waals surface area contributed by atoms with E-state index in [-0.39, 0.29) is 18.1 Å². The molecular weight excluding hydrogens is 216 g/mol. The summed E-state index contributed by atoms with van der Waals surface area (Å²) in [6, 6.07) is 0.376. The number of hydrogen-bond acceptors (Lipinski definition) is 3. The van der Waals surface area contributed by atoms with E-state index in [0.717, 1.165) is 32.5 Å². The molecule has 98 valence electrons. The lowest BCUT2D eigenvalue weighted by atomic mass is 10.0. The number of carbonyl (C=O) groups is 1. The molecule has 4 heteroatoms. The Labute approximate surface area is 104 Å². The van der Waals surface area contributed by atoms with Gasteiger partial charge in [-0.15, -0.1) is 0 Å². The van der Waals surface area contributed by atoms with Crippen LogP contribution in [0.4, 0.5) is 0 Å². The van der Waals surface area contributed by atoms with E-state index in [4.69, 9.17) is 4.74 Å². The Bertz CT molecular complexity index is 277. The zero-order chi connectivity index (χ0) is 12.3. The maximum Gasteiger partial charge on any atom is 0.248 e. The summed E-state index contributed by atoms with van der Waals surface area (Å²) in [4.78, 5) is 14.1. The number of carbonyl (C=O) groups excluding carboxylic acids is 1. The van der Waals surface area contributed by atoms with Crippen LogP contribution >= 0.6 is 0 Å². The molecule has 1 atom stereocenters. The third kappa shape index (κ3) is 3.19. The van der Waals surface area contributed by atoms with Gasteiger partial charge in [-0.2, -0.15) is 0 Å². The molecule has 2 saturated heterocycles. The van der Waals surface area contributed by atoms with E-state index in [1.807, 2.05) is 4.90 Å². The van der Waals surface area contributed by atoms with Crippen molar-refractivity contribution in [3.63, 3.8) is 0 Å². The van der Waals surface area contributed by atoms with E-state index < -0.39 is 0 Å². The van der Waals surface area contributed by atoms with Gasteiger partial charge in [-0.05, 0) is 26.7 Å². The number of nitrogens with zero attached hydrogens (tertiary/aromatic N) is 1. The predicted octanol–water partition coefficient (Wildman–Crippen LogP) is 1.16. The number of ether oxygens (including phenoxy) is 1. The molecule has 0 aliphatic carbocycles. The number of likely N-dealkylation sites (tertiary alicyclic amines) is 1. The van der Waals surface area contributed by atoms with Crippen LogP contribution in [-0.4, -0.2) is 48.7 Å². The number of nitrogens with one attached hydrogen (secondary N) is 1. The molecule has 2 aliphatic heterocycles. The van der Waals surface area contributed by atoms with E-state index in [0.29, 0.717) is 6.04 Å². The highest BCUT2D eigenvalue weighted by Gasteiger charge is 2.34. The van der Waals surface area contributed by atoms with Gasteiger partial charge in [0.2, 0.25) is 5.91 Å². The average Bonchev–Trinajstić information content (AvgIpc) is 2.48. The Morgan fingerprint density at radius 3 is 2.82 bits per heavy atom. The normalized spacial score (nSPS) is 28.4. The van der Waals surface area contributed by atoms with Crippen LogP contribution in [0.15, 0.2) is 0 Å². The van der Waals surface area contributed by atoms with Crippen molar-refractivity contribution in [2.45, 2.75) is 51.2 Å². The van der Waals surface area contributed by atoms with Crippen molar-refractivity contribution in [1.82, 2.24) is 10.2 Å². The van der Waals surface area contributed by atoms with Crippen molar-refractivity contribution in [3.8, 4) is 0 Å². The Kier molecular flexibility index (Phi) is 4.05. The van der Waals surface area contributed by atoms with E-state index in [1.165, 1.54) is 12.8 Å². The topological polar surface area (TPSA) is 41.6 Å². The summed E-state index contributed by atoms with van der Waals surface area (Å²) in [5, 5.41) is 3.17. The smallest absolute Gasteiger partial charge is 0.248 e. The van der Waals surface area contributed by atoms with Crippen LogP contribution in [-0.2, 0) is 9.53 Å². The number of rotatable bonds is 3. The highest BCUT2D eigenvalue weighted by Crippen LogP contribution is 2.18. The monoisotopic (exact) mass is 240 g/mol. The van der Waals surface area contributed by atoms with Crippen molar-refractivity contribution < 1.29 is 9.53 Å². The Hall–Kier alpha value is -0.610. The van der Waals surface area contributed by atoms with E-state index in [1.54, 1.807) is 0 Å². The first-order valence-electron chi connectivity index (χ1n) is 6.75. The fraction of sp³-hybridized carbons (Fsp3) is 0.923. The Morgan fingerprint density at radius 2 is 2.18 bits per heavy atom. The molecule has 2 fully saturated rings. The molecule has 0 aromatic carbocycles. The van der Waals surface area contributed by atoms with Gasteiger partial charge in [0, 0.05) is 25.7 Å². The van der Waals surface area contributed by atoms with Gasteiger partial charge < -0.3 is 15.0 Å². The summed E-state index contributed by atoms with van der Waals surface area (Å²) in [6.07, 6.45) is 4.75. The summed E-state index contributed by atoms with van der Waals surface area (Å²) < 4.78 is 5.72. The molecule has 1 amide bonds. The summed E-state index contributed by atoms with van der Waals surface area (Å²) in [5.74, 6) is 0.160.